The van der Waals surface area contributed by atoms with E-state index >= 15 is 0 Å². The van der Waals surface area contributed by atoms with Crippen LogP contribution in [0.3, 0.4) is 0 Å². The highest BCUT2D eigenvalue weighted by Crippen LogP contribution is 2.63. The predicted molar refractivity (Wildman–Crippen MR) is 112 cm³/mol. The molecular weight excluding hydrogens is 525 g/mol. The van der Waals surface area contributed by atoms with Crippen molar-refractivity contribution in [1.82, 2.24) is 19.5 Å². The molecule has 2 aromatic heterocycles. The van der Waals surface area contributed by atoms with E-state index in [1.807, 2.05) is 4.90 Å². The van der Waals surface area contributed by atoms with E-state index in [-0.39, 0.29) is 36.5 Å². The summed E-state index contributed by atoms with van der Waals surface area (Å²) in [5.41, 5.74) is 4.54. The minimum Gasteiger partial charge on any atom is -0.378 e. The lowest BCUT2D eigenvalue weighted by atomic mass is 10.1. The fourth-order valence-corrected chi connectivity index (χ4v) is 5.31. The van der Waals surface area contributed by atoms with Crippen LogP contribution in [0, 0.1) is 0 Å². The van der Waals surface area contributed by atoms with Gasteiger partial charge in [-0.25, -0.2) is 4.98 Å². The standard InChI is InChI=1S/C18H23F6N6O5P/c19-17(20,21)7-16(36(31,32)33,8-18(22,23)24)35-15(1-2-15)9-30-10-26-11-12(27-14(25)28-13(11)30)29-3-5-34-6-4-29/h10H,1-9H2,(H2,25,27,28)(H2,31,32,33). The Bertz CT molecular complexity index is 1140. The van der Waals surface area contributed by atoms with E-state index in [0.717, 1.165) is 0 Å². The van der Waals surface area contributed by atoms with Gasteiger partial charge < -0.3 is 34.5 Å². The zero-order chi connectivity index (χ0) is 26.6. The molecule has 202 valence electrons. The highest BCUT2D eigenvalue weighted by molar-refractivity contribution is 7.53. The number of nitrogen functional groups attached to an aromatic ring is 1. The van der Waals surface area contributed by atoms with Crippen LogP contribution in [0.15, 0.2) is 6.33 Å². The van der Waals surface area contributed by atoms with Crippen molar-refractivity contribution in [3.05, 3.63) is 6.33 Å². The molecule has 1 aliphatic heterocycles. The first-order chi connectivity index (χ1) is 16.5. The first kappa shape index (κ1) is 26.9. The molecule has 0 unspecified atom stereocenters. The monoisotopic (exact) mass is 548 g/mol. The second-order valence-electron chi connectivity index (χ2n) is 8.91. The Balaban J connectivity index is 1.69. The molecule has 36 heavy (non-hydrogen) atoms. The third-order valence-electron chi connectivity index (χ3n) is 5.93. The number of anilines is 2. The Kier molecular flexibility index (Phi) is 6.69. The van der Waals surface area contributed by atoms with Crippen molar-refractivity contribution in [3.63, 3.8) is 0 Å². The number of halogens is 6. The molecule has 0 aromatic carbocycles. The first-order valence-corrected chi connectivity index (χ1v) is 12.3. The lowest BCUT2D eigenvalue weighted by Crippen LogP contribution is -2.46. The summed E-state index contributed by atoms with van der Waals surface area (Å²) in [4.78, 5) is 33.7. The minimum atomic E-state index is -6.08. The average Bonchev–Trinajstić information content (AvgIpc) is 3.35. The Morgan fingerprint density at radius 1 is 1.08 bits per heavy atom. The Morgan fingerprint density at radius 2 is 1.67 bits per heavy atom. The van der Waals surface area contributed by atoms with Crippen molar-refractivity contribution in [2.45, 2.75) is 55.5 Å². The molecule has 2 aliphatic rings. The second kappa shape index (κ2) is 8.97. The molecule has 0 radical (unpaired) electrons. The van der Waals surface area contributed by atoms with Crippen LogP contribution in [0.1, 0.15) is 25.7 Å². The van der Waals surface area contributed by atoms with Gasteiger partial charge in [0.05, 0.1) is 44.5 Å². The number of imidazole rings is 1. The van der Waals surface area contributed by atoms with Crippen molar-refractivity contribution >= 4 is 30.5 Å². The van der Waals surface area contributed by atoms with Gasteiger partial charge in [-0.1, -0.05) is 0 Å². The van der Waals surface area contributed by atoms with E-state index in [1.54, 1.807) is 0 Å². The van der Waals surface area contributed by atoms with Crippen molar-refractivity contribution in [2.24, 2.45) is 0 Å². The van der Waals surface area contributed by atoms with E-state index in [1.165, 1.54) is 10.9 Å². The summed E-state index contributed by atoms with van der Waals surface area (Å²) in [6.07, 6.45) is -14.5. The van der Waals surface area contributed by atoms with Gasteiger partial charge in [-0.15, -0.1) is 0 Å². The molecule has 1 saturated carbocycles. The lowest BCUT2D eigenvalue weighted by Gasteiger charge is -2.38. The fourth-order valence-electron chi connectivity index (χ4n) is 4.23. The maximum absolute atomic E-state index is 13.3. The van der Waals surface area contributed by atoms with E-state index in [9.17, 15) is 40.7 Å². The number of aromatic nitrogens is 4. The Hall–Kier alpha value is -2.20. The van der Waals surface area contributed by atoms with E-state index in [4.69, 9.17) is 15.2 Å². The van der Waals surface area contributed by atoms with Crippen molar-refractivity contribution in [2.75, 3.05) is 36.9 Å². The molecule has 4 rings (SSSR count). The fraction of sp³-hybridized carbons (Fsp3) is 0.722. The number of rotatable bonds is 8. The number of hydrogen-bond donors (Lipinski definition) is 3. The SMILES string of the molecule is Nc1nc(N2CCOCC2)c2ncn(CC3(OC(CC(F)(F)F)(CC(F)(F)F)P(=O)(O)O)CC3)c2n1. The third kappa shape index (κ3) is 5.85. The molecule has 1 aliphatic carbocycles. The summed E-state index contributed by atoms with van der Waals surface area (Å²) < 4.78 is 103. The molecule has 11 nitrogen and oxygen atoms in total. The van der Waals surface area contributed by atoms with Crippen LogP contribution >= 0.6 is 7.60 Å². The first-order valence-electron chi connectivity index (χ1n) is 10.7. The molecule has 2 aromatic rings. The largest absolute Gasteiger partial charge is 0.392 e. The second-order valence-corrected chi connectivity index (χ2v) is 10.8. The number of hydrogen-bond acceptors (Lipinski definition) is 8. The van der Waals surface area contributed by atoms with Crippen LogP contribution in [0.2, 0.25) is 0 Å². The van der Waals surface area contributed by atoms with Gasteiger partial charge in [0, 0.05) is 13.1 Å². The number of morpholine rings is 1. The molecule has 4 N–H and O–H groups in total. The van der Waals surface area contributed by atoms with Crippen LogP contribution in [0.4, 0.5) is 38.1 Å². The molecule has 2 fully saturated rings. The molecule has 0 spiro atoms. The average molecular weight is 548 g/mol. The van der Waals surface area contributed by atoms with Crippen LogP contribution < -0.4 is 10.6 Å². The smallest absolute Gasteiger partial charge is 0.378 e. The summed E-state index contributed by atoms with van der Waals surface area (Å²) >= 11 is 0. The molecule has 3 heterocycles. The van der Waals surface area contributed by atoms with Gasteiger partial charge in [-0.2, -0.15) is 36.3 Å². The van der Waals surface area contributed by atoms with Crippen molar-refractivity contribution < 1.29 is 50.2 Å². The Morgan fingerprint density at radius 3 is 2.17 bits per heavy atom. The summed E-state index contributed by atoms with van der Waals surface area (Å²) in [6, 6.07) is 0. The number of nitrogens with zero attached hydrogens (tertiary/aromatic N) is 5. The van der Waals surface area contributed by atoms with Crippen LogP contribution in [0.25, 0.3) is 11.2 Å². The van der Waals surface area contributed by atoms with Gasteiger partial charge in [-0.05, 0) is 12.8 Å². The number of fused-ring (bicyclic) bond motifs is 1. The molecule has 0 bridgehead atoms. The minimum absolute atomic E-state index is 0.0407. The highest BCUT2D eigenvalue weighted by Gasteiger charge is 2.64. The highest BCUT2D eigenvalue weighted by atomic mass is 31.2. The Labute approximate surface area is 199 Å². The molecule has 0 amide bonds. The third-order valence-corrected chi connectivity index (χ3v) is 7.40. The molecule has 18 heteroatoms. The number of alkyl halides is 6. The molecular formula is C18H23F6N6O5P. The van der Waals surface area contributed by atoms with Crippen LogP contribution in [-0.4, -0.2) is 78.9 Å². The number of ether oxygens (including phenoxy) is 2. The van der Waals surface area contributed by atoms with Gasteiger partial charge in [0.1, 0.15) is 0 Å². The zero-order valence-electron chi connectivity index (χ0n) is 18.6. The van der Waals surface area contributed by atoms with Gasteiger partial charge >= 0.3 is 19.9 Å². The quantitative estimate of drug-likeness (QED) is 0.332. The van der Waals surface area contributed by atoms with Gasteiger partial charge in [-0.3, -0.25) is 4.57 Å². The van der Waals surface area contributed by atoms with Gasteiger partial charge in [0.15, 0.2) is 22.3 Å². The maximum Gasteiger partial charge on any atom is 0.392 e. The van der Waals surface area contributed by atoms with Crippen molar-refractivity contribution in [3.8, 4) is 0 Å². The molecule has 1 saturated heterocycles. The van der Waals surface area contributed by atoms with E-state index in [0.29, 0.717) is 32.1 Å². The van der Waals surface area contributed by atoms with Gasteiger partial charge in [0.2, 0.25) is 5.95 Å². The topological polar surface area (TPSA) is 149 Å². The van der Waals surface area contributed by atoms with Crippen LogP contribution in [0.5, 0.6) is 0 Å². The van der Waals surface area contributed by atoms with E-state index < -0.39 is 43.7 Å². The maximum atomic E-state index is 13.3. The summed E-state index contributed by atoms with van der Waals surface area (Å²) in [7, 11) is -6.08. The summed E-state index contributed by atoms with van der Waals surface area (Å²) in [5, 5.41) is -3.84. The van der Waals surface area contributed by atoms with E-state index in [2.05, 4.69) is 15.0 Å². The summed E-state index contributed by atoms with van der Waals surface area (Å²) in [5.74, 6) is 0.235. The van der Waals surface area contributed by atoms with Gasteiger partial charge in [0.25, 0.3) is 0 Å². The molecule has 0 atom stereocenters. The van der Waals surface area contributed by atoms with Crippen LogP contribution in [-0.2, 0) is 20.6 Å². The summed E-state index contributed by atoms with van der Waals surface area (Å²) in [6.45, 7) is 1.44. The van der Waals surface area contributed by atoms with Crippen molar-refractivity contribution in [1.29, 1.82) is 0 Å². The normalized spacial score (nSPS) is 19.2. The lowest BCUT2D eigenvalue weighted by molar-refractivity contribution is -0.225. The zero-order valence-corrected chi connectivity index (χ0v) is 19.5. The number of nitrogens with two attached hydrogens (primary N) is 1. The predicted octanol–water partition coefficient (Wildman–Crippen LogP) is 2.57.